The van der Waals surface area contributed by atoms with Crippen molar-refractivity contribution >= 4 is 14.7 Å². The van der Waals surface area contributed by atoms with Crippen molar-refractivity contribution in [3.8, 4) is 5.75 Å². The van der Waals surface area contributed by atoms with E-state index >= 15 is 0 Å². The van der Waals surface area contributed by atoms with Crippen LogP contribution < -0.4 is 5.09 Å². The fraction of sp³-hybridized carbons (Fsp3) is 0.533. The number of para-hydroxylation sites is 1. The van der Waals surface area contributed by atoms with Gasteiger partial charge in [0.1, 0.15) is 11.8 Å². The number of benzene rings is 1. The number of aromatic hydroxyl groups is 1. The minimum absolute atomic E-state index is 0.0214. The highest BCUT2D eigenvalue weighted by Gasteiger charge is 2.13. The van der Waals surface area contributed by atoms with Gasteiger partial charge in [0.2, 0.25) is 0 Å². The van der Waals surface area contributed by atoms with Crippen LogP contribution in [0.1, 0.15) is 34.6 Å². The molecule has 2 N–H and O–H groups in total. The molecule has 0 radical (unpaired) electrons. The van der Waals surface area contributed by atoms with Gasteiger partial charge in [0, 0.05) is 0 Å². The van der Waals surface area contributed by atoms with Gasteiger partial charge >= 0.3 is 5.97 Å². The first-order valence-corrected chi connectivity index (χ1v) is 8.34. The van der Waals surface area contributed by atoms with E-state index in [2.05, 4.69) is 5.09 Å². The van der Waals surface area contributed by atoms with Gasteiger partial charge < -0.3 is 9.84 Å². The average Bonchev–Trinajstić information content (AvgIpc) is 2.42. The number of phenols is 1. The highest BCUT2D eigenvalue weighted by atomic mass is 31.1. The molecule has 0 fully saturated rings. The van der Waals surface area contributed by atoms with E-state index in [9.17, 15) is 4.79 Å². The van der Waals surface area contributed by atoms with Crippen LogP contribution >= 0.6 is 8.73 Å². The maximum Gasteiger partial charge on any atom is 0.323 e. The summed E-state index contributed by atoms with van der Waals surface area (Å²) in [6.45, 7) is 11.5. The van der Waals surface area contributed by atoms with E-state index in [1.807, 2.05) is 40.4 Å². The number of nitrogens with one attached hydrogen (secondary N) is 1. The molecule has 0 bridgehead atoms. The van der Waals surface area contributed by atoms with Gasteiger partial charge in [-0.2, -0.15) is 0 Å². The molecule has 0 aliphatic rings. The van der Waals surface area contributed by atoms with E-state index in [1.54, 1.807) is 31.2 Å². The summed E-state index contributed by atoms with van der Waals surface area (Å²) in [4.78, 5) is 11.1. The molecular formula is C15H28NO3P. The van der Waals surface area contributed by atoms with E-state index in [1.165, 1.54) is 0 Å². The van der Waals surface area contributed by atoms with Crippen LogP contribution in [-0.4, -0.2) is 29.9 Å². The average molecular weight is 301 g/mol. The predicted molar refractivity (Wildman–Crippen MR) is 87.5 cm³/mol. The Morgan fingerprint density at radius 2 is 1.70 bits per heavy atom. The Kier molecular flexibility index (Phi) is 15.1. The molecule has 2 atom stereocenters. The third-order valence-corrected chi connectivity index (χ3v) is 2.54. The highest BCUT2D eigenvalue weighted by molar-refractivity contribution is 7.34. The number of ether oxygens (including phenoxy) is 1. The molecule has 4 nitrogen and oxygen atoms in total. The molecular weight excluding hydrogens is 273 g/mol. The third kappa shape index (κ3) is 13.3. The first kappa shape index (κ1) is 21.2. The Labute approximate surface area is 124 Å². The summed E-state index contributed by atoms with van der Waals surface area (Å²) in [6, 6.07) is 8.53. The summed E-state index contributed by atoms with van der Waals surface area (Å²) >= 11 is 0. The zero-order valence-electron chi connectivity index (χ0n) is 13.3. The maximum absolute atomic E-state index is 11.1. The number of carbonyl (C=O) groups is 1. The van der Waals surface area contributed by atoms with Gasteiger partial charge in [-0.25, -0.2) is 0 Å². The van der Waals surface area contributed by atoms with Crippen molar-refractivity contribution in [1.82, 2.24) is 5.09 Å². The molecule has 0 aliphatic carbocycles. The molecule has 0 aromatic heterocycles. The molecule has 0 saturated heterocycles. The molecule has 5 heteroatoms. The molecule has 1 aromatic rings. The van der Waals surface area contributed by atoms with Crippen molar-refractivity contribution in [2.75, 3.05) is 6.66 Å². The largest absolute Gasteiger partial charge is 0.508 e. The van der Waals surface area contributed by atoms with E-state index in [0.717, 1.165) is 0 Å². The van der Waals surface area contributed by atoms with E-state index < -0.39 is 0 Å². The van der Waals surface area contributed by atoms with Crippen LogP contribution in [0.4, 0.5) is 0 Å². The standard InChI is InChI=1S/C7H16NO2P.C6H6O.C2H6/c1-5(2)10-7(9)6(3)8-11-4;7-6-4-2-1-3-5-6;1-2/h5-6,8,11H,1-4H3;1-5,7H;1-2H3. The van der Waals surface area contributed by atoms with Crippen LogP contribution in [0.25, 0.3) is 0 Å². The quantitative estimate of drug-likeness (QED) is 0.659. The molecule has 0 spiro atoms. The molecule has 116 valence electrons. The van der Waals surface area contributed by atoms with Crippen LogP contribution in [0.2, 0.25) is 0 Å². The number of carbonyl (C=O) groups excluding carboxylic acids is 1. The number of hydrogen-bond donors (Lipinski definition) is 2. The van der Waals surface area contributed by atoms with Gasteiger partial charge in [0.15, 0.2) is 0 Å². The third-order valence-electron chi connectivity index (χ3n) is 1.82. The fourth-order valence-electron chi connectivity index (χ4n) is 1.04. The second-order valence-electron chi connectivity index (χ2n) is 3.94. The fourth-order valence-corrected chi connectivity index (χ4v) is 1.59. The summed E-state index contributed by atoms with van der Waals surface area (Å²) in [6.07, 6.45) is -0.0214. The summed E-state index contributed by atoms with van der Waals surface area (Å²) in [5, 5.41) is 11.6. The second kappa shape index (κ2) is 14.3. The van der Waals surface area contributed by atoms with E-state index in [0.29, 0.717) is 14.5 Å². The van der Waals surface area contributed by atoms with E-state index in [4.69, 9.17) is 9.84 Å². The Morgan fingerprint density at radius 3 is 2.00 bits per heavy atom. The smallest absolute Gasteiger partial charge is 0.323 e. The van der Waals surface area contributed by atoms with Crippen LogP contribution in [0, 0.1) is 0 Å². The van der Waals surface area contributed by atoms with Gasteiger partial charge in [-0.15, -0.1) is 0 Å². The second-order valence-corrected chi connectivity index (χ2v) is 4.73. The molecule has 0 saturated carbocycles. The molecule has 20 heavy (non-hydrogen) atoms. The van der Waals surface area contributed by atoms with Crippen molar-refractivity contribution in [2.45, 2.75) is 46.8 Å². The lowest BCUT2D eigenvalue weighted by molar-refractivity contribution is -0.148. The zero-order valence-corrected chi connectivity index (χ0v) is 14.3. The zero-order chi connectivity index (χ0) is 16.0. The number of phenolic OH excluding ortho intramolecular Hbond substituents is 1. The molecule has 1 rings (SSSR count). The molecule has 0 aliphatic heterocycles. The monoisotopic (exact) mass is 301 g/mol. The first-order valence-electron chi connectivity index (χ1n) is 6.84. The summed E-state index contributed by atoms with van der Waals surface area (Å²) in [5.74, 6) is 0.150. The Balaban J connectivity index is 0. The lowest BCUT2D eigenvalue weighted by Crippen LogP contribution is -2.31. The topological polar surface area (TPSA) is 58.6 Å². The van der Waals surface area contributed by atoms with Crippen LogP contribution in [0.5, 0.6) is 5.75 Å². The molecule has 0 amide bonds. The Morgan fingerprint density at radius 1 is 1.20 bits per heavy atom. The van der Waals surface area contributed by atoms with Crippen molar-refractivity contribution in [2.24, 2.45) is 0 Å². The van der Waals surface area contributed by atoms with Gasteiger partial charge in [0.05, 0.1) is 6.10 Å². The van der Waals surface area contributed by atoms with Crippen LogP contribution in [-0.2, 0) is 9.53 Å². The summed E-state index contributed by atoms with van der Waals surface area (Å²) < 4.78 is 4.97. The van der Waals surface area contributed by atoms with Gasteiger partial charge in [-0.1, -0.05) is 40.8 Å². The summed E-state index contributed by atoms with van der Waals surface area (Å²) in [7, 11) is 0.577. The minimum atomic E-state index is -0.180. The van der Waals surface area contributed by atoms with E-state index in [-0.39, 0.29) is 18.1 Å². The number of hydrogen-bond acceptors (Lipinski definition) is 4. The van der Waals surface area contributed by atoms with Crippen molar-refractivity contribution < 1.29 is 14.6 Å². The minimum Gasteiger partial charge on any atom is -0.508 e. The first-order chi connectivity index (χ1) is 9.47. The lowest BCUT2D eigenvalue weighted by atomic mass is 10.3. The normalized spacial score (nSPS) is 11.2. The number of rotatable bonds is 4. The SMILES string of the molecule is CC.CPNC(C)C(=O)OC(C)C.Oc1ccccc1. The molecule has 1 aromatic carbocycles. The van der Waals surface area contributed by atoms with Gasteiger partial charge in [0.25, 0.3) is 0 Å². The Bertz CT molecular complexity index is 331. The molecule has 0 heterocycles. The number of esters is 1. The summed E-state index contributed by atoms with van der Waals surface area (Å²) in [5.41, 5.74) is 0. The lowest BCUT2D eigenvalue weighted by Gasteiger charge is -2.13. The molecule has 2 unspecified atom stereocenters. The van der Waals surface area contributed by atoms with Crippen molar-refractivity contribution in [3.05, 3.63) is 30.3 Å². The van der Waals surface area contributed by atoms with Gasteiger partial charge in [-0.05, 0) is 39.6 Å². The predicted octanol–water partition coefficient (Wildman–Crippen LogP) is 3.56. The van der Waals surface area contributed by atoms with Crippen molar-refractivity contribution in [3.63, 3.8) is 0 Å². The van der Waals surface area contributed by atoms with Gasteiger partial charge in [-0.3, -0.25) is 9.88 Å². The van der Waals surface area contributed by atoms with Crippen molar-refractivity contribution in [1.29, 1.82) is 0 Å². The van der Waals surface area contributed by atoms with Crippen LogP contribution in [0.15, 0.2) is 30.3 Å². The maximum atomic E-state index is 11.1. The Hall–Kier alpha value is -1.12. The highest BCUT2D eigenvalue weighted by Crippen LogP contribution is 2.03. The van der Waals surface area contributed by atoms with Crippen LogP contribution in [0.3, 0.4) is 0 Å².